The Bertz CT molecular complexity index is 2240. The van der Waals surface area contributed by atoms with E-state index in [-0.39, 0.29) is 34.5 Å². The van der Waals surface area contributed by atoms with Crippen molar-refractivity contribution < 1.29 is 41.5 Å². The average molecular weight is 940 g/mol. The van der Waals surface area contributed by atoms with Crippen LogP contribution in [-0.4, -0.2) is 58.5 Å². The normalized spacial score (nSPS) is 18.1. The molecule has 1 fully saturated rings. The number of nitrogens with zero attached hydrogens (tertiary/aromatic N) is 5. The van der Waals surface area contributed by atoms with Gasteiger partial charge < -0.3 is 29.2 Å². The number of halogens is 2. The predicted molar refractivity (Wildman–Crippen MR) is 247 cm³/mol. The van der Waals surface area contributed by atoms with Gasteiger partial charge in [-0.15, -0.1) is 0 Å². The van der Waals surface area contributed by atoms with E-state index in [4.69, 9.17) is 49.9 Å². The van der Waals surface area contributed by atoms with Gasteiger partial charge >= 0.3 is 7.82 Å². The Morgan fingerprint density at radius 2 is 1.57 bits per heavy atom. The zero-order valence-corrected chi connectivity index (χ0v) is 39.9. The van der Waals surface area contributed by atoms with E-state index in [0.29, 0.717) is 17.6 Å². The van der Waals surface area contributed by atoms with E-state index in [1.54, 1.807) is 44.2 Å². The molecule has 5 rings (SSSR count). The van der Waals surface area contributed by atoms with Crippen LogP contribution in [0.5, 0.6) is 11.5 Å². The number of rotatable bonds is 30. The number of aromatic nitrogens is 3. The van der Waals surface area contributed by atoms with E-state index in [1.807, 2.05) is 6.07 Å². The van der Waals surface area contributed by atoms with Crippen molar-refractivity contribution in [1.82, 2.24) is 14.6 Å². The highest BCUT2D eigenvalue weighted by Crippen LogP contribution is 2.53. The Labute approximate surface area is 388 Å². The first kappa shape index (κ1) is 51.7. The van der Waals surface area contributed by atoms with Crippen molar-refractivity contribution in [3.63, 3.8) is 0 Å². The number of hydrogen-bond donors (Lipinski definition) is 1. The van der Waals surface area contributed by atoms with Crippen LogP contribution in [0.4, 0.5) is 10.2 Å². The van der Waals surface area contributed by atoms with Crippen molar-refractivity contribution in [2.45, 2.75) is 160 Å². The largest absolute Gasteiger partial charge is 0.530 e. The number of nitrogens with two attached hydrogens (primary N) is 1. The van der Waals surface area contributed by atoms with Crippen LogP contribution >= 0.6 is 19.4 Å². The Morgan fingerprint density at radius 3 is 2.17 bits per heavy atom. The minimum Gasteiger partial charge on any atom is -0.488 e. The monoisotopic (exact) mass is 938 g/mol. The third-order valence-electron chi connectivity index (χ3n) is 11.6. The molecule has 14 nitrogen and oxygen atoms in total. The Kier molecular flexibility index (Phi) is 20.3. The number of hydrogen-bond acceptors (Lipinski definition) is 13. The molecule has 2 aromatic carbocycles. The molecular formula is C48H65ClFN6O8P. The Hall–Kier alpha value is -4.31. The summed E-state index contributed by atoms with van der Waals surface area (Å²) < 4.78 is 73.9. The fourth-order valence-electron chi connectivity index (χ4n) is 7.93. The van der Waals surface area contributed by atoms with Gasteiger partial charge in [0.2, 0.25) is 5.60 Å². The topological polar surface area (TPSA) is 185 Å². The molecule has 2 N–H and O–H groups in total. The maximum absolute atomic E-state index is 14.8. The third kappa shape index (κ3) is 15.1. The van der Waals surface area contributed by atoms with Gasteiger partial charge in [0.25, 0.3) is 0 Å². The minimum atomic E-state index is -4.70. The molecule has 4 aromatic rings. The van der Waals surface area contributed by atoms with E-state index in [1.165, 1.54) is 113 Å². The zero-order chi connectivity index (χ0) is 46.7. The van der Waals surface area contributed by atoms with Crippen LogP contribution < -0.4 is 15.0 Å². The van der Waals surface area contributed by atoms with Crippen molar-refractivity contribution in [3.8, 4) is 23.6 Å². The number of benzene rings is 2. The van der Waals surface area contributed by atoms with E-state index < -0.39 is 49.9 Å². The summed E-state index contributed by atoms with van der Waals surface area (Å²) in [5, 5.41) is 24.6. The lowest BCUT2D eigenvalue weighted by atomic mass is 9.93. The zero-order valence-electron chi connectivity index (χ0n) is 38.2. The van der Waals surface area contributed by atoms with Gasteiger partial charge in [-0.05, 0) is 63.1 Å². The van der Waals surface area contributed by atoms with E-state index in [2.05, 4.69) is 23.1 Å². The first-order valence-electron chi connectivity index (χ1n) is 23.0. The van der Waals surface area contributed by atoms with Crippen LogP contribution in [0.2, 0.25) is 5.02 Å². The molecule has 65 heavy (non-hydrogen) atoms. The second kappa shape index (κ2) is 25.6. The van der Waals surface area contributed by atoms with Crippen molar-refractivity contribution >= 4 is 30.8 Å². The van der Waals surface area contributed by atoms with Gasteiger partial charge in [0.15, 0.2) is 11.6 Å². The summed E-state index contributed by atoms with van der Waals surface area (Å²) in [6, 6.07) is 17.8. The van der Waals surface area contributed by atoms with Crippen LogP contribution in [0.1, 0.15) is 147 Å². The number of nitriles is 2. The lowest BCUT2D eigenvalue weighted by Gasteiger charge is -2.33. The maximum atomic E-state index is 14.8. The number of fused-ring (bicyclic) bond motifs is 1. The summed E-state index contributed by atoms with van der Waals surface area (Å²) in [5.41, 5.74) is 5.02. The number of phosphoric ester groups is 1. The van der Waals surface area contributed by atoms with E-state index in [0.717, 1.165) is 31.7 Å². The van der Waals surface area contributed by atoms with Crippen LogP contribution in [0, 0.1) is 28.5 Å². The van der Waals surface area contributed by atoms with Gasteiger partial charge in [0, 0.05) is 13.2 Å². The average Bonchev–Trinajstić information content (AvgIpc) is 3.88. The highest BCUT2D eigenvalue weighted by atomic mass is 35.5. The molecule has 3 heterocycles. The molecule has 1 unspecified atom stereocenters. The van der Waals surface area contributed by atoms with Crippen LogP contribution in [-0.2, 0) is 27.8 Å². The fourth-order valence-corrected chi connectivity index (χ4v) is 9.44. The number of unbranched alkanes of at least 4 members (excludes halogenated alkanes) is 15. The van der Waals surface area contributed by atoms with Crippen LogP contribution in [0.15, 0.2) is 60.9 Å². The number of nitrogen functional groups attached to an aromatic ring is 1. The van der Waals surface area contributed by atoms with E-state index >= 15 is 0 Å². The van der Waals surface area contributed by atoms with Crippen molar-refractivity contribution in [2.75, 3.05) is 26.1 Å². The lowest BCUT2D eigenvalue weighted by Crippen LogP contribution is -2.50. The van der Waals surface area contributed by atoms with Gasteiger partial charge in [0.1, 0.15) is 66.2 Å². The van der Waals surface area contributed by atoms with Crippen molar-refractivity contribution in [3.05, 3.63) is 83.0 Å². The number of para-hydroxylation sites is 1. The molecule has 17 heteroatoms. The van der Waals surface area contributed by atoms with Gasteiger partial charge in [-0.1, -0.05) is 127 Å². The molecule has 0 spiro atoms. The molecule has 0 saturated carbocycles. The second-order valence-corrected chi connectivity index (χ2v) is 19.0. The van der Waals surface area contributed by atoms with Gasteiger partial charge in [-0.25, -0.2) is 18.5 Å². The smallest absolute Gasteiger partial charge is 0.488 e. The summed E-state index contributed by atoms with van der Waals surface area (Å²) in [4.78, 5) is 4.06. The van der Waals surface area contributed by atoms with Crippen LogP contribution in [0.3, 0.4) is 0 Å². The number of anilines is 1. The number of ether oxygens (including phenoxy) is 4. The molecule has 0 bridgehead atoms. The molecular weight excluding hydrogens is 874 g/mol. The molecule has 1 saturated heterocycles. The Balaban J connectivity index is 1.26. The molecule has 354 valence electrons. The second-order valence-electron chi connectivity index (χ2n) is 17.0. The summed E-state index contributed by atoms with van der Waals surface area (Å²) in [5.74, 6) is -1.56. The molecule has 0 amide bonds. The molecule has 0 aliphatic carbocycles. The minimum absolute atomic E-state index is 0.00158. The fraction of sp³-hybridized carbons (Fsp3) is 0.583. The third-order valence-corrected chi connectivity index (χ3v) is 13.2. The van der Waals surface area contributed by atoms with Gasteiger partial charge in [-0.3, -0.25) is 9.05 Å². The SMILES string of the molecule is CCCCCCCCCCCCCCCCCC[C@H](COP(=O)(OC[C@@](C#N)(OC)[C@H]1OC(C)(C)O[C@H]1c1ccc2c(N)ncnn12)Oc1ccccc1Cl)Oc1ccc(C#N)c(F)c1. The van der Waals surface area contributed by atoms with Gasteiger partial charge in [0.05, 0.1) is 22.9 Å². The van der Waals surface area contributed by atoms with Crippen molar-refractivity contribution in [1.29, 1.82) is 10.5 Å². The summed E-state index contributed by atoms with van der Waals surface area (Å²) in [6.45, 7) is 4.61. The first-order chi connectivity index (χ1) is 31.4. The molecule has 0 radical (unpaired) electrons. The van der Waals surface area contributed by atoms with Crippen molar-refractivity contribution in [2.24, 2.45) is 0 Å². The summed E-state index contributed by atoms with van der Waals surface area (Å²) in [6.07, 6.45) is 18.3. The first-order valence-corrected chi connectivity index (χ1v) is 24.8. The van der Waals surface area contributed by atoms with Crippen LogP contribution in [0.25, 0.3) is 5.52 Å². The summed E-state index contributed by atoms with van der Waals surface area (Å²) in [7, 11) is -3.40. The lowest BCUT2D eigenvalue weighted by molar-refractivity contribution is -0.171. The highest BCUT2D eigenvalue weighted by Gasteiger charge is 2.56. The molecule has 1 aliphatic rings. The molecule has 1 aliphatic heterocycles. The summed E-state index contributed by atoms with van der Waals surface area (Å²) >= 11 is 6.46. The van der Waals surface area contributed by atoms with Gasteiger partial charge in [-0.2, -0.15) is 15.6 Å². The maximum Gasteiger partial charge on any atom is 0.530 e. The quantitative estimate of drug-likeness (QED) is 0.0385. The van der Waals surface area contributed by atoms with E-state index in [9.17, 15) is 19.5 Å². The number of methoxy groups -OCH3 is 1. The standard InChI is InChI=1S/C48H65ClFN6O8P/c1-5-6-7-8-9-10-11-12-13-14-15-16-17-18-19-20-23-38(61-37-27-26-36(31-51)40(50)30-37)32-59-65(57,64-43-25-22-21-24-39(43)49)60-34-48(33-52,58-4)45-44(62-47(2,3)63-45)41-28-29-42-46(53)54-35-55-56(41)42/h21-22,24-30,35,38,44-45H,5-20,23,32,34H2,1-4H3,(H2,53,54,55)/t38-,44+,45+,48-,65?/m1/s1. The molecule has 2 aromatic heterocycles. The predicted octanol–water partition coefficient (Wildman–Crippen LogP) is 12.4. The highest BCUT2D eigenvalue weighted by molar-refractivity contribution is 7.49. The Morgan fingerprint density at radius 1 is 0.923 bits per heavy atom. The number of phosphoric acid groups is 1. The molecule has 5 atom stereocenters.